The van der Waals surface area contributed by atoms with Crippen LogP contribution in [0.15, 0.2) is 78.9 Å². The van der Waals surface area contributed by atoms with Gasteiger partial charge in [-0.15, -0.1) is 0 Å². The third kappa shape index (κ3) is 6.11. The summed E-state index contributed by atoms with van der Waals surface area (Å²) in [5, 5.41) is 2.87. The smallest absolute Gasteiger partial charge is 0.408 e. The molecule has 0 aromatic heterocycles. The highest BCUT2D eigenvalue weighted by Crippen LogP contribution is 2.26. The fourth-order valence-corrected chi connectivity index (χ4v) is 3.15. The molecule has 0 spiro atoms. The lowest BCUT2D eigenvalue weighted by atomic mass is 10.0. The Labute approximate surface area is 178 Å². The van der Waals surface area contributed by atoms with E-state index in [-0.39, 0.29) is 6.04 Å². The van der Waals surface area contributed by atoms with E-state index in [0.29, 0.717) is 6.61 Å². The quantitative estimate of drug-likeness (QED) is 0.510. The van der Waals surface area contributed by atoms with Gasteiger partial charge in [-0.2, -0.15) is 0 Å². The van der Waals surface area contributed by atoms with Gasteiger partial charge in [0.25, 0.3) is 0 Å². The Bertz CT molecular complexity index is 977. The van der Waals surface area contributed by atoms with Crippen molar-refractivity contribution in [3.05, 3.63) is 90.0 Å². The van der Waals surface area contributed by atoms with Gasteiger partial charge in [0, 0.05) is 0 Å². The SMILES string of the molecule is CC(NC(=O)OC(C)(C)C)c1cccc(OCc2ccccc2-c2ccccc2)c1. The Hall–Kier alpha value is -3.27. The molecule has 0 aliphatic rings. The second kappa shape index (κ2) is 9.49. The van der Waals surface area contributed by atoms with Crippen molar-refractivity contribution in [3.8, 4) is 16.9 Å². The minimum Gasteiger partial charge on any atom is -0.489 e. The molecule has 1 unspecified atom stereocenters. The second-order valence-corrected chi connectivity index (χ2v) is 8.25. The van der Waals surface area contributed by atoms with Crippen LogP contribution in [0.5, 0.6) is 5.75 Å². The fraction of sp³-hybridized carbons (Fsp3) is 0.269. The molecule has 3 aromatic carbocycles. The lowest BCUT2D eigenvalue weighted by molar-refractivity contribution is 0.0508. The summed E-state index contributed by atoms with van der Waals surface area (Å²) in [5.41, 5.74) is 3.87. The zero-order valence-electron chi connectivity index (χ0n) is 18.0. The molecule has 1 atom stereocenters. The molecule has 0 saturated heterocycles. The van der Waals surface area contributed by atoms with Crippen molar-refractivity contribution < 1.29 is 14.3 Å². The summed E-state index contributed by atoms with van der Waals surface area (Å²) in [6.07, 6.45) is -0.432. The van der Waals surface area contributed by atoms with Crippen LogP contribution < -0.4 is 10.1 Å². The molecule has 0 bridgehead atoms. The number of ether oxygens (including phenoxy) is 2. The predicted molar refractivity (Wildman–Crippen MR) is 120 cm³/mol. The van der Waals surface area contributed by atoms with Crippen molar-refractivity contribution >= 4 is 6.09 Å². The number of carbonyl (C=O) groups excluding carboxylic acids is 1. The summed E-state index contributed by atoms with van der Waals surface area (Å²) in [5.74, 6) is 0.758. The van der Waals surface area contributed by atoms with Crippen LogP contribution in [0.3, 0.4) is 0 Å². The molecule has 1 amide bonds. The maximum absolute atomic E-state index is 12.0. The van der Waals surface area contributed by atoms with Gasteiger partial charge < -0.3 is 14.8 Å². The normalized spacial score (nSPS) is 12.1. The van der Waals surface area contributed by atoms with Gasteiger partial charge in [-0.05, 0) is 62.1 Å². The molecule has 4 heteroatoms. The summed E-state index contributed by atoms with van der Waals surface area (Å²) < 4.78 is 11.4. The van der Waals surface area contributed by atoms with Crippen LogP contribution in [-0.2, 0) is 11.3 Å². The monoisotopic (exact) mass is 403 g/mol. The van der Waals surface area contributed by atoms with Gasteiger partial charge in [0.05, 0.1) is 6.04 Å². The molecule has 0 aliphatic heterocycles. The first-order valence-electron chi connectivity index (χ1n) is 10.2. The minimum absolute atomic E-state index is 0.194. The number of alkyl carbamates (subject to hydrolysis) is 1. The molecule has 1 N–H and O–H groups in total. The van der Waals surface area contributed by atoms with Crippen molar-refractivity contribution in [1.29, 1.82) is 0 Å². The maximum Gasteiger partial charge on any atom is 0.408 e. The Morgan fingerprint density at radius 1 is 0.933 bits per heavy atom. The number of amides is 1. The van der Waals surface area contributed by atoms with Gasteiger partial charge in [0.1, 0.15) is 18.0 Å². The topological polar surface area (TPSA) is 47.6 Å². The first-order valence-corrected chi connectivity index (χ1v) is 10.2. The van der Waals surface area contributed by atoms with Crippen molar-refractivity contribution in [3.63, 3.8) is 0 Å². The minimum atomic E-state index is -0.527. The molecule has 0 heterocycles. The van der Waals surface area contributed by atoms with Crippen molar-refractivity contribution in [2.24, 2.45) is 0 Å². The predicted octanol–water partition coefficient (Wildman–Crippen LogP) is 6.52. The van der Waals surface area contributed by atoms with Gasteiger partial charge in [0.15, 0.2) is 0 Å². The Kier molecular flexibility index (Phi) is 6.78. The molecule has 0 radical (unpaired) electrons. The van der Waals surface area contributed by atoms with Gasteiger partial charge in [-0.3, -0.25) is 0 Å². The largest absolute Gasteiger partial charge is 0.489 e. The van der Waals surface area contributed by atoms with Gasteiger partial charge in [-0.1, -0.05) is 66.7 Å². The number of benzene rings is 3. The van der Waals surface area contributed by atoms with Gasteiger partial charge >= 0.3 is 6.09 Å². The molecule has 156 valence electrons. The zero-order chi connectivity index (χ0) is 21.6. The van der Waals surface area contributed by atoms with Crippen LogP contribution in [0.2, 0.25) is 0 Å². The summed E-state index contributed by atoms with van der Waals surface area (Å²) in [6.45, 7) is 7.92. The van der Waals surface area contributed by atoms with E-state index in [1.54, 1.807) is 0 Å². The van der Waals surface area contributed by atoms with Gasteiger partial charge in [0.2, 0.25) is 0 Å². The van der Waals surface area contributed by atoms with E-state index >= 15 is 0 Å². The third-order valence-corrected chi connectivity index (χ3v) is 4.59. The fourth-order valence-electron chi connectivity index (χ4n) is 3.15. The first kappa shape index (κ1) is 21.4. The van der Waals surface area contributed by atoms with E-state index in [9.17, 15) is 4.79 Å². The second-order valence-electron chi connectivity index (χ2n) is 8.25. The Morgan fingerprint density at radius 2 is 1.63 bits per heavy atom. The standard InChI is InChI=1S/C26H29NO3/c1-19(27-25(28)30-26(2,3)4)21-14-10-15-23(17-21)29-18-22-13-8-9-16-24(22)20-11-6-5-7-12-20/h5-17,19H,18H2,1-4H3,(H,27,28). The lowest BCUT2D eigenvalue weighted by Crippen LogP contribution is -2.34. The Balaban J connectivity index is 1.68. The molecule has 0 fully saturated rings. The molecule has 3 rings (SSSR count). The van der Waals surface area contributed by atoms with Crippen LogP contribution in [0.1, 0.15) is 44.9 Å². The maximum atomic E-state index is 12.0. The summed E-state index contributed by atoms with van der Waals surface area (Å²) in [4.78, 5) is 12.0. The molecule has 3 aromatic rings. The van der Waals surface area contributed by atoms with Gasteiger partial charge in [-0.25, -0.2) is 4.79 Å². The molecule has 4 nitrogen and oxygen atoms in total. The van der Waals surface area contributed by atoms with E-state index in [2.05, 4.69) is 29.6 Å². The van der Waals surface area contributed by atoms with Crippen LogP contribution >= 0.6 is 0 Å². The summed E-state index contributed by atoms with van der Waals surface area (Å²) in [6, 6.07) is 26.1. The molecular weight excluding hydrogens is 374 g/mol. The lowest BCUT2D eigenvalue weighted by Gasteiger charge is -2.22. The number of rotatable bonds is 6. The van der Waals surface area contributed by atoms with Crippen molar-refractivity contribution in [1.82, 2.24) is 5.32 Å². The van der Waals surface area contributed by atoms with E-state index in [1.807, 2.05) is 82.3 Å². The highest BCUT2D eigenvalue weighted by atomic mass is 16.6. The zero-order valence-corrected chi connectivity index (χ0v) is 18.0. The number of nitrogens with one attached hydrogen (secondary N) is 1. The number of hydrogen-bond donors (Lipinski definition) is 1. The summed E-state index contributed by atoms with van der Waals surface area (Å²) in [7, 11) is 0. The van der Waals surface area contributed by atoms with E-state index in [1.165, 1.54) is 5.56 Å². The van der Waals surface area contributed by atoms with E-state index in [4.69, 9.17) is 9.47 Å². The number of hydrogen-bond acceptors (Lipinski definition) is 3. The average Bonchev–Trinajstić information content (AvgIpc) is 2.72. The third-order valence-electron chi connectivity index (χ3n) is 4.59. The van der Waals surface area contributed by atoms with Crippen LogP contribution in [0.4, 0.5) is 4.79 Å². The highest BCUT2D eigenvalue weighted by molar-refractivity contribution is 5.68. The Morgan fingerprint density at radius 3 is 2.37 bits per heavy atom. The van der Waals surface area contributed by atoms with E-state index in [0.717, 1.165) is 22.4 Å². The molecule has 30 heavy (non-hydrogen) atoms. The van der Waals surface area contributed by atoms with Crippen LogP contribution in [0.25, 0.3) is 11.1 Å². The van der Waals surface area contributed by atoms with Crippen LogP contribution in [0, 0.1) is 0 Å². The highest BCUT2D eigenvalue weighted by Gasteiger charge is 2.18. The van der Waals surface area contributed by atoms with Crippen molar-refractivity contribution in [2.45, 2.75) is 45.9 Å². The van der Waals surface area contributed by atoms with Crippen molar-refractivity contribution in [2.75, 3.05) is 0 Å². The first-order chi connectivity index (χ1) is 14.3. The summed E-state index contributed by atoms with van der Waals surface area (Å²) >= 11 is 0. The van der Waals surface area contributed by atoms with Crippen LogP contribution in [-0.4, -0.2) is 11.7 Å². The number of carbonyl (C=O) groups is 1. The molecule has 0 aliphatic carbocycles. The average molecular weight is 404 g/mol. The molecule has 0 saturated carbocycles. The molecular formula is C26H29NO3. The van der Waals surface area contributed by atoms with E-state index < -0.39 is 11.7 Å².